The second kappa shape index (κ2) is 10.8. The molecule has 0 radical (unpaired) electrons. The lowest BCUT2D eigenvalue weighted by molar-refractivity contribution is 0.673. The molecule has 0 amide bonds. The van der Waals surface area contributed by atoms with Gasteiger partial charge in [0.05, 0.1) is 27.5 Å². The molecule has 0 aliphatic rings. The van der Waals surface area contributed by atoms with Crippen LogP contribution in [0.3, 0.4) is 0 Å². The lowest BCUT2D eigenvalue weighted by atomic mass is 10.0. The van der Waals surface area contributed by atoms with Gasteiger partial charge in [-0.05, 0) is 89.0 Å². The van der Waals surface area contributed by atoms with Crippen molar-refractivity contribution >= 4 is 65.6 Å². The minimum absolute atomic E-state index is 0.892. The van der Waals surface area contributed by atoms with Gasteiger partial charge in [0.15, 0.2) is 0 Å². The van der Waals surface area contributed by atoms with Gasteiger partial charge in [-0.3, -0.25) is 0 Å². The van der Waals surface area contributed by atoms with Gasteiger partial charge in [0.25, 0.3) is 0 Å². The zero-order chi connectivity index (χ0) is 33.5. The van der Waals surface area contributed by atoms with Gasteiger partial charge in [-0.15, -0.1) is 0 Å². The highest BCUT2D eigenvalue weighted by molar-refractivity contribution is 6.24. The van der Waals surface area contributed by atoms with Crippen molar-refractivity contribution in [2.24, 2.45) is 0 Å². The van der Waals surface area contributed by atoms with Crippen LogP contribution >= 0.6 is 0 Å². The summed E-state index contributed by atoms with van der Waals surface area (Å²) in [6.45, 7) is 0. The molecule has 0 aliphatic heterocycles. The Labute approximate surface area is 293 Å². The number of rotatable bonds is 4. The molecule has 238 valence electrons. The molecule has 0 bridgehead atoms. The molecule has 0 spiro atoms. The van der Waals surface area contributed by atoms with Crippen molar-refractivity contribution in [3.63, 3.8) is 0 Å². The molecule has 0 N–H and O–H groups in total. The fourth-order valence-corrected chi connectivity index (χ4v) is 8.19. The first-order valence-electron chi connectivity index (χ1n) is 17.4. The number of nitrogens with zero attached hydrogens (tertiary/aromatic N) is 2. The predicted molar refractivity (Wildman–Crippen MR) is 213 cm³/mol. The molecule has 3 aromatic heterocycles. The second-order valence-electron chi connectivity index (χ2n) is 13.3. The fraction of sp³-hybridized carbons (Fsp3) is 0. The second-order valence-corrected chi connectivity index (χ2v) is 13.3. The zero-order valence-corrected chi connectivity index (χ0v) is 27.6. The van der Waals surface area contributed by atoms with Crippen LogP contribution in [0.4, 0.5) is 0 Å². The summed E-state index contributed by atoms with van der Waals surface area (Å²) in [6.07, 6.45) is 0. The normalized spacial score (nSPS) is 11.9. The maximum atomic E-state index is 6.84. The summed E-state index contributed by atoms with van der Waals surface area (Å²) in [5.74, 6) is 0. The Bertz CT molecular complexity index is 3050. The maximum Gasteiger partial charge on any atom is 0.145 e. The Balaban J connectivity index is 1.21. The summed E-state index contributed by atoms with van der Waals surface area (Å²) in [5, 5.41) is 7.03. The number of aromatic nitrogens is 2. The van der Waals surface area contributed by atoms with Gasteiger partial charge in [0.1, 0.15) is 11.2 Å². The summed E-state index contributed by atoms with van der Waals surface area (Å²) in [4.78, 5) is 0. The van der Waals surface area contributed by atoms with E-state index in [1.54, 1.807) is 0 Å². The van der Waals surface area contributed by atoms with Crippen molar-refractivity contribution in [2.75, 3.05) is 0 Å². The Morgan fingerprint density at radius 2 is 0.843 bits per heavy atom. The number of hydrogen-bond donors (Lipinski definition) is 0. The van der Waals surface area contributed by atoms with E-state index in [0.717, 1.165) is 55.1 Å². The van der Waals surface area contributed by atoms with Crippen molar-refractivity contribution in [1.29, 1.82) is 0 Å². The van der Waals surface area contributed by atoms with Gasteiger partial charge in [-0.1, -0.05) is 115 Å². The van der Waals surface area contributed by atoms with Crippen LogP contribution in [0.25, 0.3) is 99.2 Å². The molecule has 0 aliphatic carbocycles. The van der Waals surface area contributed by atoms with Crippen LogP contribution in [-0.2, 0) is 0 Å². The van der Waals surface area contributed by atoms with Crippen molar-refractivity contribution in [3.8, 4) is 33.6 Å². The minimum Gasteiger partial charge on any atom is -0.455 e. The minimum atomic E-state index is 0.892. The van der Waals surface area contributed by atoms with Crippen LogP contribution in [0.1, 0.15) is 0 Å². The number of furan rings is 1. The Kier molecular flexibility index (Phi) is 5.96. The van der Waals surface area contributed by atoms with Crippen LogP contribution in [0.2, 0.25) is 0 Å². The van der Waals surface area contributed by atoms with E-state index in [2.05, 4.69) is 191 Å². The van der Waals surface area contributed by atoms with E-state index < -0.39 is 0 Å². The van der Waals surface area contributed by atoms with Gasteiger partial charge in [-0.2, -0.15) is 0 Å². The van der Waals surface area contributed by atoms with E-state index >= 15 is 0 Å². The topological polar surface area (TPSA) is 23.0 Å². The Morgan fingerprint density at radius 3 is 1.55 bits per heavy atom. The van der Waals surface area contributed by atoms with Gasteiger partial charge in [0.2, 0.25) is 0 Å². The van der Waals surface area contributed by atoms with Gasteiger partial charge >= 0.3 is 0 Å². The Morgan fingerprint density at radius 1 is 0.314 bits per heavy atom. The van der Waals surface area contributed by atoms with Crippen LogP contribution in [0.15, 0.2) is 186 Å². The van der Waals surface area contributed by atoms with E-state index in [4.69, 9.17) is 4.42 Å². The standard InChI is InChI=1S/C48H30N2O/c1-3-11-31(12-4-1)33-19-22-35(23-20-33)49-44-26-24-36(50-42-17-9-7-15-37(42)38-16-8-10-18-43(38)50)30-41(44)47-45(49)27-25-39-40-29-34(32-13-5-2-6-14-32)21-28-46(40)51-48(39)47/h1-30H. The molecule has 0 unspecified atom stereocenters. The number of benzene rings is 8. The molecule has 0 atom stereocenters. The van der Waals surface area contributed by atoms with Crippen molar-refractivity contribution < 1.29 is 4.42 Å². The van der Waals surface area contributed by atoms with Crippen LogP contribution < -0.4 is 0 Å². The highest BCUT2D eigenvalue weighted by atomic mass is 16.3. The smallest absolute Gasteiger partial charge is 0.145 e. The molecule has 0 fully saturated rings. The maximum absolute atomic E-state index is 6.84. The van der Waals surface area contributed by atoms with E-state index in [0.29, 0.717) is 0 Å². The first kappa shape index (κ1) is 28.0. The van der Waals surface area contributed by atoms with Crippen LogP contribution in [-0.4, -0.2) is 9.13 Å². The number of hydrogen-bond acceptors (Lipinski definition) is 1. The van der Waals surface area contributed by atoms with Gasteiger partial charge in [-0.25, -0.2) is 0 Å². The molecule has 3 heteroatoms. The summed E-state index contributed by atoms with van der Waals surface area (Å²) >= 11 is 0. The first-order chi connectivity index (χ1) is 25.3. The molecule has 51 heavy (non-hydrogen) atoms. The quantitative estimate of drug-likeness (QED) is 0.186. The molecule has 0 saturated heterocycles. The third-order valence-corrected chi connectivity index (χ3v) is 10.5. The Hall–Kier alpha value is -6.84. The lowest BCUT2D eigenvalue weighted by Crippen LogP contribution is -1.95. The molecule has 11 aromatic rings. The largest absolute Gasteiger partial charge is 0.455 e. The summed E-state index contributed by atoms with van der Waals surface area (Å²) < 4.78 is 11.6. The lowest BCUT2D eigenvalue weighted by Gasteiger charge is -2.11. The molecule has 3 nitrogen and oxygen atoms in total. The van der Waals surface area contributed by atoms with Crippen molar-refractivity contribution in [2.45, 2.75) is 0 Å². The highest BCUT2D eigenvalue weighted by Gasteiger charge is 2.21. The van der Waals surface area contributed by atoms with Gasteiger partial charge in [0, 0.05) is 38.3 Å². The third kappa shape index (κ3) is 4.19. The summed E-state index contributed by atoms with van der Waals surface area (Å²) in [5.41, 5.74) is 13.5. The van der Waals surface area contributed by atoms with Crippen LogP contribution in [0.5, 0.6) is 0 Å². The van der Waals surface area contributed by atoms with E-state index in [1.165, 1.54) is 44.1 Å². The average molecular weight is 651 g/mol. The van der Waals surface area contributed by atoms with E-state index in [-0.39, 0.29) is 0 Å². The highest BCUT2D eigenvalue weighted by Crippen LogP contribution is 2.43. The van der Waals surface area contributed by atoms with Gasteiger partial charge < -0.3 is 13.6 Å². The number of fused-ring (bicyclic) bond motifs is 10. The zero-order valence-electron chi connectivity index (χ0n) is 27.6. The summed E-state index contributed by atoms with van der Waals surface area (Å²) in [6, 6.07) is 65.4. The van der Waals surface area contributed by atoms with Crippen LogP contribution in [0, 0.1) is 0 Å². The molecule has 11 rings (SSSR count). The predicted octanol–water partition coefficient (Wildman–Crippen LogP) is 13.1. The molecule has 8 aromatic carbocycles. The van der Waals surface area contributed by atoms with Crippen molar-refractivity contribution in [1.82, 2.24) is 9.13 Å². The fourth-order valence-electron chi connectivity index (χ4n) is 8.19. The average Bonchev–Trinajstić information content (AvgIpc) is 3.86. The molecule has 0 saturated carbocycles. The monoisotopic (exact) mass is 650 g/mol. The summed E-state index contributed by atoms with van der Waals surface area (Å²) in [7, 11) is 0. The molecule has 3 heterocycles. The first-order valence-corrected chi connectivity index (χ1v) is 17.4. The van der Waals surface area contributed by atoms with E-state index in [1.807, 2.05) is 0 Å². The number of para-hydroxylation sites is 2. The molecular weight excluding hydrogens is 621 g/mol. The molecular formula is C48H30N2O. The SMILES string of the molecule is c1ccc(-c2ccc(-n3c4ccc(-n5c6ccccc6c6ccccc65)cc4c4c5oc6ccc(-c7ccccc7)cc6c5ccc43)cc2)cc1. The van der Waals surface area contributed by atoms with E-state index in [9.17, 15) is 0 Å². The van der Waals surface area contributed by atoms with Crippen molar-refractivity contribution in [3.05, 3.63) is 182 Å². The third-order valence-electron chi connectivity index (χ3n) is 10.5.